The zero-order valence-electron chi connectivity index (χ0n) is 8.86. The molecule has 0 aliphatic carbocycles. The average Bonchev–Trinajstić information content (AvgIpc) is 2.15. The van der Waals surface area contributed by atoms with Crippen molar-refractivity contribution in [3.8, 4) is 0 Å². The maximum atomic E-state index is 10.7. The predicted octanol–water partition coefficient (Wildman–Crippen LogP) is -1.20. The molecule has 0 fully saturated rings. The largest absolute Gasteiger partial charge is 1.00 e. The molecule has 15 heavy (non-hydrogen) atoms. The molecule has 0 aromatic heterocycles. The molecule has 0 saturated heterocycles. The monoisotopic (exact) mass is 234 g/mol. The first kappa shape index (κ1) is 14.9. The number of rotatable bonds is 3. The van der Waals surface area contributed by atoms with Crippen LogP contribution in [-0.4, -0.2) is 13.0 Å². The summed E-state index contributed by atoms with van der Waals surface area (Å²) < 4.78 is 32.2. The van der Waals surface area contributed by atoms with Crippen molar-refractivity contribution >= 4 is 16.2 Å². The Labute approximate surface area is 112 Å². The summed E-state index contributed by atoms with van der Waals surface area (Å²) in [5.41, 5.74) is 1.68. The normalized spacial score (nSPS) is 10.5. The van der Waals surface area contributed by atoms with Crippen LogP contribution in [0.2, 0.25) is 0 Å². The zero-order valence-corrected chi connectivity index (χ0v) is 11.7. The van der Waals surface area contributed by atoms with Crippen molar-refractivity contribution in [2.24, 2.45) is 0 Å². The first-order chi connectivity index (χ1) is 6.49. The van der Waals surface area contributed by atoms with Gasteiger partial charge in [0.2, 0.25) is 0 Å². The third kappa shape index (κ3) is 3.74. The van der Waals surface area contributed by atoms with Crippen molar-refractivity contribution in [2.75, 3.05) is 0 Å². The van der Waals surface area contributed by atoms with Gasteiger partial charge in [0.25, 0.3) is 0 Å². The second-order valence-electron chi connectivity index (χ2n) is 2.87. The number of aryl methyl sites for hydroxylation is 1. The molecular formula is C10H11NaO3S. The van der Waals surface area contributed by atoms with Crippen molar-refractivity contribution in [1.29, 1.82) is 0 Å². The van der Waals surface area contributed by atoms with Gasteiger partial charge < -0.3 is 4.55 Å². The van der Waals surface area contributed by atoms with E-state index >= 15 is 0 Å². The van der Waals surface area contributed by atoms with Gasteiger partial charge in [-0.15, -0.1) is 0 Å². The van der Waals surface area contributed by atoms with Crippen LogP contribution in [0.15, 0.2) is 29.7 Å². The van der Waals surface area contributed by atoms with E-state index in [1.54, 1.807) is 12.1 Å². The van der Waals surface area contributed by atoms with Crippen molar-refractivity contribution < 1.29 is 42.5 Å². The third-order valence-electron chi connectivity index (χ3n) is 2.00. The van der Waals surface area contributed by atoms with Crippen molar-refractivity contribution in [3.05, 3.63) is 35.9 Å². The molecule has 3 nitrogen and oxygen atoms in total. The quantitative estimate of drug-likeness (QED) is 0.487. The molecule has 0 radical (unpaired) electrons. The Morgan fingerprint density at radius 2 is 2.07 bits per heavy atom. The molecule has 0 spiro atoms. The second kappa shape index (κ2) is 5.82. The Kier molecular flexibility index (Phi) is 5.77. The Morgan fingerprint density at radius 3 is 2.47 bits per heavy atom. The average molecular weight is 234 g/mol. The summed E-state index contributed by atoms with van der Waals surface area (Å²) in [7, 11) is -4.34. The minimum atomic E-state index is -4.34. The van der Waals surface area contributed by atoms with Gasteiger partial charge in [-0.25, -0.2) is 8.42 Å². The Balaban J connectivity index is 0.00000196. The molecule has 76 valence electrons. The van der Waals surface area contributed by atoms with Crippen LogP contribution in [-0.2, 0) is 16.5 Å². The second-order valence-corrected chi connectivity index (χ2v) is 4.25. The molecule has 0 atom stereocenters. The molecule has 5 heteroatoms. The van der Waals surface area contributed by atoms with Gasteiger partial charge in [0, 0.05) is 0 Å². The summed E-state index contributed by atoms with van der Waals surface area (Å²) in [5.74, 6) is 0. The van der Waals surface area contributed by atoms with Gasteiger partial charge in [0.15, 0.2) is 0 Å². The summed E-state index contributed by atoms with van der Waals surface area (Å²) in [6.07, 6.45) is 2.31. The van der Waals surface area contributed by atoms with Crippen molar-refractivity contribution in [3.63, 3.8) is 0 Å². The third-order valence-corrected chi connectivity index (χ3v) is 2.84. The maximum absolute atomic E-state index is 10.7. The molecule has 1 rings (SSSR count). The van der Waals surface area contributed by atoms with Gasteiger partial charge in [0.05, 0.1) is 4.90 Å². The first-order valence-corrected chi connectivity index (χ1v) is 5.61. The molecule has 0 N–H and O–H groups in total. The van der Waals surface area contributed by atoms with Crippen LogP contribution in [0.5, 0.6) is 0 Å². The molecule has 0 aliphatic rings. The molecule has 0 aliphatic heterocycles. The number of hydrogen-bond acceptors (Lipinski definition) is 3. The molecule has 0 heterocycles. The van der Waals surface area contributed by atoms with Gasteiger partial charge >= 0.3 is 29.6 Å². The molecular weight excluding hydrogens is 223 g/mol. The van der Waals surface area contributed by atoms with E-state index in [-0.39, 0.29) is 34.5 Å². The van der Waals surface area contributed by atoms with Crippen LogP contribution in [0.25, 0.3) is 6.08 Å². The maximum Gasteiger partial charge on any atom is 1.00 e. The summed E-state index contributed by atoms with van der Waals surface area (Å²) >= 11 is 0. The Morgan fingerprint density at radius 1 is 1.47 bits per heavy atom. The zero-order chi connectivity index (χ0) is 10.8. The van der Waals surface area contributed by atoms with E-state index in [2.05, 4.69) is 6.58 Å². The summed E-state index contributed by atoms with van der Waals surface area (Å²) in [6.45, 7) is 5.50. The Bertz CT molecular complexity index is 452. The van der Waals surface area contributed by atoms with E-state index in [1.807, 2.05) is 6.92 Å². The molecule has 1 aromatic rings. The van der Waals surface area contributed by atoms with Gasteiger partial charge in [-0.1, -0.05) is 25.6 Å². The number of benzene rings is 1. The van der Waals surface area contributed by atoms with Gasteiger partial charge in [-0.3, -0.25) is 0 Å². The van der Waals surface area contributed by atoms with Crippen LogP contribution < -0.4 is 29.6 Å². The van der Waals surface area contributed by atoms with Crippen LogP contribution in [0.1, 0.15) is 18.1 Å². The predicted molar refractivity (Wildman–Crippen MR) is 53.9 cm³/mol. The summed E-state index contributed by atoms with van der Waals surface area (Å²) in [4.78, 5) is -0.181. The van der Waals surface area contributed by atoms with E-state index in [9.17, 15) is 13.0 Å². The van der Waals surface area contributed by atoms with Gasteiger partial charge in [-0.2, -0.15) is 0 Å². The van der Waals surface area contributed by atoms with Crippen LogP contribution >= 0.6 is 0 Å². The van der Waals surface area contributed by atoms with E-state index in [0.717, 1.165) is 11.1 Å². The number of hydrogen-bond donors (Lipinski definition) is 0. The summed E-state index contributed by atoms with van der Waals surface area (Å²) in [5, 5.41) is 0. The SMILES string of the molecule is C=Cc1ccc(S(=O)(=O)[O-])cc1CC.[Na+]. The molecule has 1 aromatic carbocycles. The molecule has 0 bridgehead atoms. The van der Waals surface area contributed by atoms with Crippen LogP contribution in [0.4, 0.5) is 0 Å². The summed E-state index contributed by atoms with van der Waals surface area (Å²) in [6, 6.07) is 4.30. The van der Waals surface area contributed by atoms with Gasteiger partial charge in [-0.05, 0) is 29.7 Å². The minimum Gasteiger partial charge on any atom is -0.744 e. The van der Waals surface area contributed by atoms with Crippen molar-refractivity contribution in [1.82, 2.24) is 0 Å². The van der Waals surface area contributed by atoms with Crippen LogP contribution in [0.3, 0.4) is 0 Å². The van der Waals surface area contributed by atoms with E-state index < -0.39 is 10.1 Å². The Hall–Kier alpha value is -0.130. The fourth-order valence-electron chi connectivity index (χ4n) is 1.24. The fraction of sp³-hybridized carbons (Fsp3) is 0.200. The molecule has 0 amide bonds. The standard InChI is InChI=1S/C10H12O3S.Na/c1-3-8-5-6-10(14(11,12)13)7-9(8)4-2;/h3,5-7H,1,4H2,2H3,(H,11,12,13);/q;+1/p-1. The van der Waals surface area contributed by atoms with E-state index in [1.165, 1.54) is 12.1 Å². The smallest absolute Gasteiger partial charge is 0.744 e. The van der Waals surface area contributed by atoms with E-state index in [0.29, 0.717) is 6.42 Å². The first-order valence-electron chi connectivity index (χ1n) is 4.20. The molecule has 0 unspecified atom stereocenters. The topological polar surface area (TPSA) is 57.2 Å². The van der Waals surface area contributed by atoms with E-state index in [4.69, 9.17) is 0 Å². The van der Waals surface area contributed by atoms with Crippen LogP contribution in [0, 0.1) is 0 Å². The van der Waals surface area contributed by atoms with Crippen molar-refractivity contribution in [2.45, 2.75) is 18.2 Å². The molecule has 0 saturated carbocycles. The fourth-order valence-corrected chi connectivity index (χ4v) is 1.76. The minimum absolute atomic E-state index is 0. The van der Waals surface area contributed by atoms with Gasteiger partial charge in [0.1, 0.15) is 10.1 Å².